The van der Waals surface area contributed by atoms with Crippen molar-refractivity contribution in [2.24, 2.45) is 11.7 Å². The first-order valence-corrected chi connectivity index (χ1v) is 8.30. The normalized spacial score (nSPS) is 32.2. The molecule has 2 rings (SSSR count). The number of hydrogen-bond donors (Lipinski definition) is 2. The largest absolute Gasteiger partial charge is 0.368 e. The molecule has 21 heavy (non-hydrogen) atoms. The molecule has 0 aliphatic carbocycles. The number of piperidine rings is 2. The van der Waals surface area contributed by atoms with E-state index in [4.69, 9.17) is 5.73 Å². The Morgan fingerprint density at radius 1 is 1.43 bits per heavy atom. The molecule has 0 saturated carbocycles. The van der Waals surface area contributed by atoms with Gasteiger partial charge in [-0.15, -0.1) is 0 Å². The molecule has 5 nitrogen and oxygen atoms in total. The number of likely N-dealkylation sites (N-methyl/N-ethyl adjacent to an activating group) is 1. The second-order valence-electron chi connectivity index (χ2n) is 7.23. The van der Waals surface area contributed by atoms with Gasteiger partial charge < -0.3 is 20.9 Å². The molecule has 5 heteroatoms. The van der Waals surface area contributed by atoms with Crippen molar-refractivity contribution in [2.45, 2.75) is 57.2 Å². The summed E-state index contributed by atoms with van der Waals surface area (Å²) in [6.07, 6.45) is 4.68. The van der Waals surface area contributed by atoms with Crippen molar-refractivity contribution in [1.82, 2.24) is 15.1 Å². The molecule has 2 aliphatic rings. The number of likely N-dealkylation sites (tertiary alicyclic amines) is 2. The van der Waals surface area contributed by atoms with Crippen LogP contribution in [-0.2, 0) is 4.79 Å². The molecule has 2 heterocycles. The van der Waals surface area contributed by atoms with E-state index < -0.39 is 5.54 Å². The van der Waals surface area contributed by atoms with Crippen LogP contribution in [0.5, 0.6) is 0 Å². The van der Waals surface area contributed by atoms with Gasteiger partial charge in [0.05, 0.1) is 5.54 Å². The summed E-state index contributed by atoms with van der Waals surface area (Å²) >= 11 is 0. The zero-order valence-corrected chi connectivity index (χ0v) is 14.1. The quantitative estimate of drug-likeness (QED) is 0.782. The summed E-state index contributed by atoms with van der Waals surface area (Å²) in [7, 11) is 4.08. The van der Waals surface area contributed by atoms with Crippen LogP contribution in [-0.4, -0.2) is 67.1 Å². The van der Waals surface area contributed by atoms with Crippen molar-refractivity contribution in [3.63, 3.8) is 0 Å². The number of amides is 1. The summed E-state index contributed by atoms with van der Waals surface area (Å²) in [5.74, 6) is 0.526. The predicted octanol–water partition coefficient (Wildman–Crippen LogP) is 0.645. The van der Waals surface area contributed by atoms with Crippen LogP contribution in [0, 0.1) is 5.92 Å². The standard InChI is InChI=1S/C16H32N4O/c1-12(10-16(2,18-3)15(17)21)20-9-7-14-13(11-20)6-5-8-19(14)4/h12-14,18H,5-11H2,1-4H3,(H2,17,21). The monoisotopic (exact) mass is 296 g/mol. The van der Waals surface area contributed by atoms with Crippen LogP contribution in [0.4, 0.5) is 0 Å². The molecule has 0 bridgehead atoms. The minimum absolute atomic E-state index is 0.260. The second-order valence-corrected chi connectivity index (χ2v) is 7.23. The highest BCUT2D eigenvalue weighted by atomic mass is 16.1. The van der Waals surface area contributed by atoms with E-state index in [1.165, 1.54) is 25.8 Å². The van der Waals surface area contributed by atoms with E-state index in [1.807, 2.05) is 14.0 Å². The number of nitrogens with one attached hydrogen (secondary N) is 1. The lowest BCUT2D eigenvalue weighted by Crippen LogP contribution is -2.58. The van der Waals surface area contributed by atoms with Crippen molar-refractivity contribution in [3.8, 4) is 0 Å². The molecule has 2 aliphatic heterocycles. The Kier molecular flexibility index (Phi) is 5.28. The SMILES string of the molecule is CNC(C)(CC(C)N1CCC2C(CCCN2C)C1)C(N)=O. The molecule has 4 atom stereocenters. The smallest absolute Gasteiger partial charge is 0.237 e. The number of hydrogen-bond acceptors (Lipinski definition) is 4. The van der Waals surface area contributed by atoms with Gasteiger partial charge in [0.1, 0.15) is 0 Å². The lowest BCUT2D eigenvalue weighted by Gasteiger charge is -2.48. The molecule has 3 N–H and O–H groups in total. The maximum Gasteiger partial charge on any atom is 0.237 e. The van der Waals surface area contributed by atoms with Crippen LogP contribution in [0.2, 0.25) is 0 Å². The van der Waals surface area contributed by atoms with Gasteiger partial charge in [-0.3, -0.25) is 4.79 Å². The first kappa shape index (κ1) is 16.7. The molecule has 4 unspecified atom stereocenters. The highest BCUT2D eigenvalue weighted by Gasteiger charge is 2.38. The van der Waals surface area contributed by atoms with Gasteiger partial charge in [0.2, 0.25) is 5.91 Å². The highest BCUT2D eigenvalue weighted by Crippen LogP contribution is 2.31. The van der Waals surface area contributed by atoms with Crippen molar-refractivity contribution in [1.29, 1.82) is 0 Å². The van der Waals surface area contributed by atoms with Crippen molar-refractivity contribution in [3.05, 3.63) is 0 Å². The van der Waals surface area contributed by atoms with Crippen LogP contribution in [0.1, 0.15) is 39.5 Å². The molecule has 0 radical (unpaired) electrons. The van der Waals surface area contributed by atoms with Crippen molar-refractivity contribution < 1.29 is 4.79 Å². The minimum Gasteiger partial charge on any atom is -0.368 e. The summed E-state index contributed by atoms with van der Waals surface area (Å²) < 4.78 is 0. The highest BCUT2D eigenvalue weighted by molar-refractivity contribution is 5.84. The summed E-state index contributed by atoms with van der Waals surface area (Å²) in [4.78, 5) is 16.8. The minimum atomic E-state index is -0.611. The van der Waals surface area contributed by atoms with Gasteiger partial charge in [0.15, 0.2) is 0 Å². The van der Waals surface area contributed by atoms with E-state index in [1.54, 1.807) is 0 Å². The first-order chi connectivity index (χ1) is 9.87. The van der Waals surface area contributed by atoms with Gasteiger partial charge >= 0.3 is 0 Å². The number of carbonyl (C=O) groups is 1. The third kappa shape index (κ3) is 3.58. The molecule has 2 saturated heterocycles. The third-order valence-electron chi connectivity index (χ3n) is 5.80. The maximum atomic E-state index is 11.7. The Morgan fingerprint density at radius 3 is 2.76 bits per heavy atom. The molecule has 0 aromatic carbocycles. The molecule has 0 spiro atoms. The Morgan fingerprint density at radius 2 is 2.14 bits per heavy atom. The first-order valence-electron chi connectivity index (χ1n) is 8.30. The molecule has 2 fully saturated rings. The Bertz CT molecular complexity index is 375. The Balaban J connectivity index is 1.95. The van der Waals surface area contributed by atoms with Gasteiger partial charge in [-0.2, -0.15) is 0 Å². The fourth-order valence-corrected chi connectivity index (χ4v) is 4.13. The molecule has 1 amide bonds. The number of nitrogens with zero attached hydrogens (tertiary/aromatic N) is 2. The predicted molar refractivity (Wildman–Crippen MR) is 86.1 cm³/mol. The average Bonchev–Trinajstić information content (AvgIpc) is 2.46. The summed E-state index contributed by atoms with van der Waals surface area (Å²) in [6, 6.07) is 1.14. The number of fused-ring (bicyclic) bond motifs is 1. The summed E-state index contributed by atoms with van der Waals surface area (Å²) in [6.45, 7) is 7.68. The van der Waals surface area contributed by atoms with Crippen LogP contribution >= 0.6 is 0 Å². The lowest BCUT2D eigenvalue weighted by atomic mass is 9.82. The number of carbonyl (C=O) groups excluding carboxylic acids is 1. The zero-order valence-electron chi connectivity index (χ0n) is 14.1. The van der Waals surface area contributed by atoms with E-state index in [9.17, 15) is 4.79 Å². The Hall–Kier alpha value is -0.650. The fraction of sp³-hybridized carbons (Fsp3) is 0.938. The van der Waals surface area contributed by atoms with Gasteiger partial charge in [-0.05, 0) is 72.6 Å². The van der Waals surface area contributed by atoms with Gasteiger partial charge in [-0.1, -0.05) is 0 Å². The van der Waals surface area contributed by atoms with E-state index in [2.05, 4.69) is 29.1 Å². The summed E-state index contributed by atoms with van der Waals surface area (Å²) in [5.41, 5.74) is 4.95. The Labute approximate surface area is 129 Å². The van der Waals surface area contributed by atoms with Crippen LogP contribution in [0.25, 0.3) is 0 Å². The zero-order chi connectivity index (χ0) is 15.6. The summed E-state index contributed by atoms with van der Waals surface area (Å²) in [5, 5.41) is 3.10. The number of nitrogens with two attached hydrogens (primary N) is 1. The van der Waals surface area contributed by atoms with Crippen molar-refractivity contribution in [2.75, 3.05) is 33.7 Å². The van der Waals surface area contributed by atoms with Crippen LogP contribution < -0.4 is 11.1 Å². The fourth-order valence-electron chi connectivity index (χ4n) is 4.13. The average molecular weight is 296 g/mol. The van der Waals surface area contributed by atoms with E-state index in [-0.39, 0.29) is 5.91 Å². The molecular weight excluding hydrogens is 264 g/mol. The second kappa shape index (κ2) is 6.63. The van der Waals surface area contributed by atoms with Gasteiger partial charge in [-0.25, -0.2) is 0 Å². The van der Waals surface area contributed by atoms with E-state index >= 15 is 0 Å². The van der Waals surface area contributed by atoms with Crippen LogP contribution in [0.15, 0.2) is 0 Å². The molecule has 122 valence electrons. The third-order valence-corrected chi connectivity index (χ3v) is 5.80. The lowest BCUT2D eigenvalue weighted by molar-refractivity contribution is -0.124. The van der Waals surface area contributed by atoms with Crippen molar-refractivity contribution >= 4 is 5.91 Å². The number of primary amides is 1. The van der Waals surface area contributed by atoms with E-state index in [0.717, 1.165) is 31.5 Å². The number of rotatable bonds is 5. The molecule has 0 aromatic rings. The van der Waals surface area contributed by atoms with Gasteiger partial charge in [0, 0.05) is 18.6 Å². The topological polar surface area (TPSA) is 61.6 Å². The van der Waals surface area contributed by atoms with Crippen LogP contribution in [0.3, 0.4) is 0 Å². The maximum absolute atomic E-state index is 11.7. The van der Waals surface area contributed by atoms with E-state index in [0.29, 0.717) is 6.04 Å². The molecule has 0 aromatic heterocycles. The molecular formula is C16H32N4O. The van der Waals surface area contributed by atoms with Gasteiger partial charge in [0.25, 0.3) is 0 Å².